The topological polar surface area (TPSA) is 29.5 Å². The van der Waals surface area contributed by atoms with Gasteiger partial charge in [-0.1, -0.05) is 6.58 Å². The van der Waals surface area contributed by atoms with Crippen LogP contribution in [-0.2, 0) is 9.53 Å². The Morgan fingerprint density at radius 3 is 1.81 bits per heavy atom. The highest BCUT2D eigenvalue weighted by Gasteiger charge is 2.36. The predicted octanol–water partition coefficient (Wildman–Crippen LogP) is 2.96. The Labute approximate surface area is 99.5 Å². The Hall–Kier alpha value is -0.830. The highest BCUT2D eigenvalue weighted by Crippen LogP contribution is 2.27. The molecule has 0 rings (SSSR count). The van der Waals surface area contributed by atoms with E-state index in [2.05, 4.69) is 53.0 Å². The van der Waals surface area contributed by atoms with Crippen molar-refractivity contribution in [1.29, 1.82) is 0 Å². The van der Waals surface area contributed by atoms with Crippen LogP contribution in [0.2, 0.25) is 0 Å². The second kappa shape index (κ2) is 5.00. The third-order valence-corrected chi connectivity index (χ3v) is 2.26. The number of rotatable bonds is 3. The van der Waals surface area contributed by atoms with E-state index < -0.39 is 0 Å². The van der Waals surface area contributed by atoms with E-state index in [1.165, 1.54) is 6.08 Å². The fraction of sp³-hybridized carbons (Fsp3) is 0.769. The van der Waals surface area contributed by atoms with Gasteiger partial charge < -0.3 is 4.74 Å². The lowest BCUT2D eigenvalue weighted by molar-refractivity contribution is -0.165. The zero-order valence-electron chi connectivity index (χ0n) is 11.6. The van der Waals surface area contributed by atoms with Crippen LogP contribution >= 0.6 is 0 Å². The lowest BCUT2D eigenvalue weighted by atomic mass is 9.95. The van der Waals surface area contributed by atoms with Gasteiger partial charge in [0.15, 0.2) is 6.23 Å². The maximum Gasteiger partial charge on any atom is 0.331 e. The lowest BCUT2D eigenvalue weighted by Crippen LogP contribution is -2.57. The van der Waals surface area contributed by atoms with Crippen LogP contribution in [0, 0.1) is 0 Å². The first-order chi connectivity index (χ1) is 7.00. The Bertz CT molecular complexity index is 244. The van der Waals surface area contributed by atoms with E-state index in [0.29, 0.717) is 0 Å². The van der Waals surface area contributed by atoms with E-state index in [9.17, 15) is 4.79 Å². The molecular formula is C13H25NO2. The highest BCUT2D eigenvalue weighted by molar-refractivity contribution is 5.81. The van der Waals surface area contributed by atoms with Gasteiger partial charge >= 0.3 is 5.97 Å². The molecule has 0 aliphatic heterocycles. The number of carbonyl (C=O) groups is 1. The summed E-state index contributed by atoms with van der Waals surface area (Å²) >= 11 is 0. The van der Waals surface area contributed by atoms with Gasteiger partial charge in [-0.3, -0.25) is 4.90 Å². The van der Waals surface area contributed by atoms with Crippen molar-refractivity contribution in [3.05, 3.63) is 12.7 Å². The number of nitrogens with zero attached hydrogens (tertiary/aromatic N) is 1. The average Bonchev–Trinajstić information content (AvgIpc) is 1.97. The van der Waals surface area contributed by atoms with Gasteiger partial charge in [-0.15, -0.1) is 0 Å². The minimum Gasteiger partial charge on any atom is -0.443 e. The molecule has 3 heteroatoms. The quantitative estimate of drug-likeness (QED) is 0.422. The molecule has 16 heavy (non-hydrogen) atoms. The van der Waals surface area contributed by atoms with E-state index in [1.54, 1.807) is 0 Å². The van der Waals surface area contributed by atoms with E-state index in [0.717, 1.165) is 0 Å². The monoisotopic (exact) mass is 227 g/mol. The fourth-order valence-corrected chi connectivity index (χ4v) is 2.37. The van der Waals surface area contributed by atoms with Crippen LogP contribution in [0.4, 0.5) is 0 Å². The molecule has 0 aliphatic rings. The summed E-state index contributed by atoms with van der Waals surface area (Å²) in [5, 5.41) is 0. The van der Waals surface area contributed by atoms with Crippen LogP contribution in [0.5, 0.6) is 0 Å². The van der Waals surface area contributed by atoms with E-state index in [1.807, 2.05) is 6.92 Å². The molecule has 3 nitrogen and oxygen atoms in total. The second-order valence-corrected chi connectivity index (χ2v) is 5.95. The second-order valence-electron chi connectivity index (χ2n) is 5.95. The largest absolute Gasteiger partial charge is 0.443 e. The summed E-state index contributed by atoms with van der Waals surface area (Å²) in [6.07, 6.45) is 0.922. The molecule has 0 heterocycles. The Balaban J connectivity index is 4.92. The highest BCUT2D eigenvalue weighted by atomic mass is 16.6. The Morgan fingerprint density at radius 2 is 1.56 bits per heavy atom. The standard InChI is InChI=1S/C13H25NO2/c1-9-11(15)16-10(2)14(12(3,4)5)13(6,7)8/h9-10H,1H2,2-8H3. The molecule has 0 fully saturated rings. The molecule has 94 valence electrons. The summed E-state index contributed by atoms with van der Waals surface area (Å²) in [6, 6.07) is 0. The van der Waals surface area contributed by atoms with Crippen molar-refractivity contribution >= 4 is 5.97 Å². The molecule has 0 aromatic rings. The molecule has 0 saturated heterocycles. The summed E-state index contributed by atoms with van der Waals surface area (Å²) in [4.78, 5) is 13.4. The minimum absolute atomic E-state index is 0.0703. The molecule has 0 amide bonds. The number of ether oxygens (including phenoxy) is 1. The molecular weight excluding hydrogens is 202 g/mol. The maximum absolute atomic E-state index is 11.2. The van der Waals surface area contributed by atoms with Crippen molar-refractivity contribution in [2.24, 2.45) is 0 Å². The average molecular weight is 227 g/mol. The number of hydrogen-bond donors (Lipinski definition) is 0. The summed E-state index contributed by atoms with van der Waals surface area (Å²) in [7, 11) is 0. The number of hydrogen-bond acceptors (Lipinski definition) is 3. The molecule has 1 unspecified atom stereocenters. The van der Waals surface area contributed by atoms with Crippen LogP contribution in [-0.4, -0.2) is 28.2 Å². The molecule has 0 saturated carbocycles. The Kier molecular flexibility index (Phi) is 4.74. The van der Waals surface area contributed by atoms with Gasteiger partial charge in [0.25, 0.3) is 0 Å². The van der Waals surface area contributed by atoms with Crippen LogP contribution in [0.3, 0.4) is 0 Å². The molecule has 0 spiro atoms. The number of esters is 1. The fourth-order valence-electron chi connectivity index (χ4n) is 2.37. The van der Waals surface area contributed by atoms with E-state index in [4.69, 9.17) is 4.74 Å². The van der Waals surface area contributed by atoms with E-state index >= 15 is 0 Å². The van der Waals surface area contributed by atoms with Crippen LogP contribution in [0.15, 0.2) is 12.7 Å². The molecule has 0 bridgehead atoms. The third kappa shape index (κ3) is 4.35. The molecule has 1 atom stereocenters. The zero-order chi connectivity index (χ0) is 13.1. The van der Waals surface area contributed by atoms with Crippen LogP contribution in [0.1, 0.15) is 48.5 Å². The van der Waals surface area contributed by atoms with Crippen molar-refractivity contribution in [3.63, 3.8) is 0 Å². The summed E-state index contributed by atoms with van der Waals surface area (Å²) in [5.74, 6) is -0.383. The first-order valence-corrected chi connectivity index (χ1v) is 5.62. The van der Waals surface area contributed by atoms with Crippen molar-refractivity contribution in [2.75, 3.05) is 0 Å². The summed E-state index contributed by atoms with van der Waals surface area (Å²) in [5.41, 5.74) is -0.141. The van der Waals surface area contributed by atoms with Gasteiger partial charge in [0.2, 0.25) is 0 Å². The summed E-state index contributed by atoms with van der Waals surface area (Å²) < 4.78 is 5.28. The van der Waals surface area contributed by atoms with Crippen LogP contribution in [0.25, 0.3) is 0 Å². The molecule has 0 aromatic carbocycles. The maximum atomic E-state index is 11.2. The molecule has 0 N–H and O–H groups in total. The SMILES string of the molecule is C=CC(=O)OC(C)N(C(C)(C)C)C(C)(C)C. The Morgan fingerprint density at radius 1 is 1.19 bits per heavy atom. The first-order valence-electron chi connectivity index (χ1n) is 5.62. The number of carbonyl (C=O) groups excluding carboxylic acids is 1. The minimum atomic E-state index is -0.383. The molecule has 0 aliphatic carbocycles. The first kappa shape index (κ1) is 15.2. The third-order valence-electron chi connectivity index (χ3n) is 2.26. The van der Waals surface area contributed by atoms with Gasteiger partial charge in [0, 0.05) is 17.2 Å². The van der Waals surface area contributed by atoms with Gasteiger partial charge in [-0.25, -0.2) is 4.79 Å². The van der Waals surface area contributed by atoms with Crippen molar-refractivity contribution in [3.8, 4) is 0 Å². The normalized spacial score (nSPS) is 14.8. The van der Waals surface area contributed by atoms with Crippen molar-refractivity contribution in [2.45, 2.75) is 65.8 Å². The van der Waals surface area contributed by atoms with Crippen molar-refractivity contribution < 1.29 is 9.53 Å². The van der Waals surface area contributed by atoms with E-state index in [-0.39, 0.29) is 23.3 Å². The van der Waals surface area contributed by atoms with Gasteiger partial charge in [-0.2, -0.15) is 0 Å². The lowest BCUT2D eigenvalue weighted by Gasteiger charge is -2.48. The van der Waals surface area contributed by atoms with Crippen molar-refractivity contribution in [1.82, 2.24) is 4.90 Å². The van der Waals surface area contributed by atoms with Gasteiger partial charge in [0.1, 0.15) is 0 Å². The zero-order valence-corrected chi connectivity index (χ0v) is 11.6. The van der Waals surface area contributed by atoms with Gasteiger partial charge in [-0.05, 0) is 48.5 Å². The smallest absolute Gasteiger partial charge is 0.331 e. The predicted molar refractivity (Wildman–Crippen MR) is 67.1 cm³/mol. The molecule has 0 radical (unpaired) electrons. The molecule has 0 aromatic heterocycles. The van der Waals surface area contributed by atoms with Gasteiger partial charge in [0.05, 0.1) is 0 Å². The summed E-state index contributed by atoms with van der Waals surface area (Å²) in [6.45, 7) is 17.9. The van der Waals surface area contributed by atoms with Crippen LogP contribution < -0.4 is 0 Å².